The Bertz CT molecular complexity index is 1360. The van der Waals surface area contributed by atoms with Crippen LogP contribution in [-0.4, -0.2) is 101 Å². The molecule has 0 bridgehead atoms. The number of carbonyl (C=O) groups is 2. The van der Waals surface area contributed by atoms with Gasteiger partial charge in [-0.15, -0.1) is 0 Å². The molecule has 0 saturated carbocycles. The van der Waals surface area contributed by atoms with Crippen LogP contribution in [0.2, 0.25) is 0 Å². The molecule has 4 fully saturated rings. The van der Waals surface area contributed by atoms with Gasteiger partial charge >= 0.3 is 6.03 Å². The van der Waals surface area contributed by atoms with Crippen molar-refractivity contribution in [1.82, 2.24) is 24.6 Å². The number of amides is 3. The van der Waals surface area contributed by atoms with Gasteiger partial charge in [0.2, 0.25) is 0 Å². The van der Waals surface area contributed by atoms with Gasteiger partial charge in [-0.25, -0.2) is 9.78 Å². The van der Waals surface area contributed by atoms with Crippen LogP contribution in [0.1, 0.15) is 84.4 Å². The normalized spacial score (nSPS) is 23.6. The average molecular weight is 599 g/mol. The number of nitrogens with zero attached hydrogens (tertiary/aromatic N) is 6. The van der Waals surface area contributed by atoms with Crippen molar-refractivity contribution in [3.8, 4) is 6.07 Å². The van der Waals surface area contributed by atoms with Crippen LogP contribution < -0.4 is 0 Å². The summed E-state index contributed by atoms with van der Waals surface area (Å²) in [4.78, 5) is 40.7. The van der Waals surface area contributed by atoms with Gasteiger partial charge in [0.15, 0.2) is 0 Å². The van der Waals surface area contributed by atoms with E-state index in [1.54, 1.807) is 6.07 Å². The molecule has 3 amide bonds. The number of carbonyl (C=O) groups excluding carboxylic acids is 2. The third-order valence-corrected chi connectivity index (χ3v) is 10.7. The summed E-state index contributed by atoms with van der Waals surface area (Å²) in [5.74, 6) is 0.534. The van der Waals surface area contributed by atoms with Gasteiger partial charge < -0.3 is 19.4 Å². The van der Waals surface area contributed by atoms with Gasteiger partial charge in [-0.1, -0.05) is 30.3 Å². The van der Waals surface area contributed by atoms with Gasteiger partial charge in [0, 0.05) is 64.1 Å². The second kappa shape index (κ2) is 12.9. The molecule has 9 heteroatoms. The molecule has 4 aliphatic heterocycles. The number of hydrogen-bond donors (Lipinski definition) is 0. The van der Waals surface area contributed by atoms with Crippen LogP contribution in [0.25, 0.3) is 0 Å². The van der Waals surface area contributed by atoms with Gasteiger partial charge in [-0.2, -0.15) is 5.26 Å². The molecule has 9 nitrogen and oxygen atoms in total. The zero-order chi connectivity index (χ0) is 30.8. The van der Waals surface area contributed by atoms with Gasteiger partial charge in [0.1, 0.15) is 11.8 Å². The lowest BCUT2D eigenvalue weighted by Crippen LogP contribution is -2.58. The highest BCUT2D eigenvalue weighted by molar-refractivity contribution is 5.96. The van der Waals surface area contributed by atoms with Crippen LogP contribution in [0.3, 0.4) is 0 Å². The second-order valence-corrected chi connectivity index (χ2v) is 13.5. The van der Waals surface area contributed by atoms with Crippen molar-refractivity contribution >= 4 is 11.9 Å². The lowest BCUT2D eigenvalue weighted by atomic mass is 9.85. The molecule has 1 aromatic carbocycles. The Balaban J connectivity index is 1.09. The van der Waals surface area contributed by atoms with Crippen LogP contribution in [0, 0.1) is 31.1 Å². The Morgan fingerprint density at radius 1 is 1.05 bits per heavy atom. The third kappa shape index (κ3) is 6.07. The van der Waals surface area contributed by atoms with Crippen LogP contribution >= 0.6 is 0 Å². The molecule has 1 atom stereocenters. The zero-order valence-electron chi connectivity index (χ0n) is 26.5. The fourth-order valence-electron chi connectivity index (χ4n) is 7.98. The smallest absolute Gasteiger partial charge is 0.320 e. The van der Waals surface area contributed by atoms with Gasteiger partial charge in [0.05, 0.1) is 17.3 Å². The first-order chi connectivity index (χ1) is 21.3. The number of rotatable bonds is 6. The lowest BCUT2D eigenvalue weighted by Gasteiger charge is -2.50. The number of benzene rings is 1. The lowest BCUT2D eigenvalue weighted by molar-refractivity contribution is 0.00484. The quantitative estimate of drug-likeness (QED) is 0.468. The number of hydrogen-bond acceptors (Lipinski definition) is 6. The van der Waals surface area contributed by atoms with Gasteiger partial charge in [0.25, 0.3) is 5.91 Å². The van der Waals surface area contributed by atoms with Crippen molar-refractivity contribution < 1.29 is 14.3 Å². The van der Waals surface area contributed by atoms with Crippen LogP contribution in [-0.2, 0) is 4.74 Å². The van der Waals surface area contributed by atoms with E-state index in [0.29, 0.717) is 36.0 Å². The number of ether oxygens (including phenoxy) is 1. The Kier molecular flexibility index (Phi) is 8.93. The fourth-order valence-corrected chi connectivity index (χ4v) is 7.98. The van der Waals surface area contributed by atoms with Crippen molar-refractivity contribution in [2.24, 2.45) is 5.92 Å². The van der Waals surface area contributed by atoms with E-state index >= 15 is 0 Å². The number of piperidine rings is 2. The Morgan fingerprint density at radius 3 is 2.36 bits per heavy atom. The second-order valence-electron chi connectivity index (χ2n) is 13.5. The fraction of sp³-hybridized carbons (Fsp3) is 0.600. The van der Waals surface area contributed by atoms with Crippen molar-refractivity contribution in [2.75, 3.05) is 52.5 Å². The van der Waals surface area contributed by atoms with E-state index < -0.39 is 0 Å². The van der Waals surface area contributed by atoms with E-state index in [1.165, 1.54) is 5.56 Å². The zero-order valence-corrected chi connectivity index (χ0v) is 26.5. The molecule has 0 radical (unpaired) electrons. The highest BCUT2D eigenvalue weighted by Crippen LogP contribution is 2.38. The standard InChI is InChI=1S/C35H46N6O3/c1-25-21-29(22-36)37-26(2)32(25)33(42)38-17-13-35(3,14-18-38)40-15-9-30(10-16-40)41-31(28-7-5-4-6-8-28)24-39(34(41)43)23-27-11-19-44-20-12-27/h4-8,21,27,30-31H,9-20,23-24H2,1-3H3/t31-/m0/s1. The summed E-state index contributed by atoms with van der Waals surface area (Å²) in [6.07, 6.45) is 5.83. The van der Waals surface area contributed by atoms with E-state index in [-0.39, 0.29) is 29.6 Å². The van der Waals surface area contributed by atoms with E-state index in [4.69, 9.17) is 4.74 Å². The van der Waals surface area contributed by atoms with Crippen molar-refractivity contribution in [3.63, 3.8) is 0 Å². The summed E-state index contributed by atoms with van der Waals surface area (Å²) in [6.45, 7) is 12.6. The molecule has 5 heterocycles. The predicted octanol–water partition coefficient (Wildman–Crippen LogP) is 4.93. The first-order valence-electron chi connectivity index (χ1n) is 16.4. The summed E-state index contributed by atoms with van der Waals surface area (Å²) in [6, 6.07) is 14.9. The Labute approximate surface area is 261 Å². The molecule has 44 heavy (non-hydrogen) atoms. The molecule has 0 unspecified atom stereocenters. The molecule has 2 aromatic rings. The molecular formula is C35H46N6O3. The molecule has 4 saturated heterocycles. The first kappa shape index (κ1) is 30.5. The molecule has 1 aromatic heterocycles. The molecule has 6 rings (SSSR count). The number of likely N-dealkylation sites (tertiary alicyclic amines) is 2. The van der Waals surface area contributed by atoms with Crippen LogP contribution in [0.4, 0.5) is 4.79 Å². The SMILES string of the molecule is Cc1cc(C#N)nc(C)c1C(=O)N1CCC(C)(N2CCC(N3C(=O)N(CC4CCOCC4)C[C@H]3c3ccccc3)CC2)CC1. The molecule has 0 N–H and O–H groups in total. The summed E-state index contributed by atoms with van der Waals surface area (Å²) < 4.78 is 5.57. The maximum Gasteiger partial charge on any atom is 0.320 e. The number of nitriles is 1. The van der Waals surface area contributed by atoms with E-state index in [2.05, 4.69) is 56.9 Å². The third-order valence-electron chi connectivity index (χ3n) is 10.7. The van der Waals surface area contributed by atoms with Gasteiger partial charge in [-0.05, 0) is 82.4 Å². The van der Waals surface area contributed by atoms with Gasteiger partial charge in [-0.3, -0.25) is 9.69 Å². The highest BCUT2D eigenvalue weighted by Gasteiger charge is 2.45. The maximum atomic E-state index is 14.0. The topological polar surface area (TPSA) is 93.0 Å². The van der Waals surface area contributed by atoms with E-state index in [1.807, 2.05) is 24.8 Å². The molecule has 0 aliphatic carbocycles. The van der Waals surface area contributed by atoms with Crippen molar-refractivity contribution in [1.29, 1.82) is 5.26 Å². The predicted molar refractivity (Wildman–Crippen MR) is 168 cm³/mol. The minimum Gasteiger partial charge on any atom is -0.381 e. The molecule has 0 spiro atoms. The number of aryl methyl sites for hydroxylation is 2. The van der Waals surface area contributed by atoms with Crippen LogP contribution in [0.15, 0.2) is 36.4 Å². The average Bonchev–Trinajstić information content (AvgIpc) is 3.37. The van der Waals surface area contributed by atoms with Crippen molar-refractivity contribution in [2.45, 2.75) is 76.9 Å². The molecular weight excluding hydrogens is 552 g/mol. The molecule has 4 aliphatic rings. The van der Waals surface area contributed by atoms with Crippen LogP contribution in [0.5, 0.6) is 0 Å². The number of pyridine rings is 1. The Hall–Kier alpha value is -3.48. The maximum absolute atomic E-state index is 14.0. The summed E-state index contributed by atoms with van der Waals surface area (Å²) in [7, 11) is 0. The largest absolute Gasteiger partial charge is 0.381 e. The summed E-state index contributed by atoms with van der Waals surface area (Å²) >= 11 is 0. The minimum absolute atomic E-state index is 0.0163. The summed E-state index contributed by atoms with van der Waals surface area (Å²) in [5, 5.41) is 9.24. The Morgan fingerprint density at radius 2 is 1.73 bits per heavy atom. The first-order valence-corrected chi connectivity index (χ1v) is 16.4. The highest BCUT2D eigenvalue weighted by atomic mass is 16.5. The summed E-state index contributed by atoms with van der Waals surface area (Å²) in [5.41, 5.74) is 3.67. The van der Waals surface area contributed by atoms with E-state index in [9.17, 15) is 14.9 Å². The number of urea groups is 1. The number of aromatic nitrogens is 1. The monoisotopic (exact) mass is 598 g/mol. The minimum atomic E-state index is 0.0163. The molecule has 234 valence electrons. The van der Waals surface area contributed by atoms with Crippen molar-refractivity contribution in [3.05, 3.63) is 64.5 Å². The van der Waals surface area contributed by atoms with E-state index in [0.717, 1.165) is 83.5 Å².